The van der Waals surface area contributed by atoms with Crippen LogP contribution < -0.4 is 5.32 Å². The minimum absolute atomic E-state index is 0.0187. The van der Waals surface area contributed by atoms with Crippen molar-refractivity contribution in [2.24, 2.45) is 0 Å². The molecule has 2 atom stereocenters. The molecule has 0 saturated carbocycles. The molecule has 5 heteroatoms. The molecule has 22 heavy (non-hydrogen) atoms. The molecule has 0 spiro atoms. The van der Waals surface area contributed by atoms with Gasteiger partial charge in [-0.05, 0) is 37.3 Å². The van der Waals surface area contributed by atoms with E-state index in [1.54, 1.807) is 11.8 Å². The Bertz CT molecular complexity index is 477. The number of amides is 1. The van der Waals surface area contributed by atoms with E-state index in [4.69, 9.17) is 9.47 Å². The Labute approximate surface area is 135 Å². The van der Waals surface area contributed by atoms with E-state index in [1.165, 1.54) is 10.5 Å². The van der Waals surface area contributed by atoms with Gasteiger partial charge in [-0.15, -0.1) is 11.8 Å². The molecule has 1 aromatic rings. The average Bonchev–Trinajstić information content (AvgIpc) is 3.19. The first-order chi connectivity index (χ1) is 10.8. The van der Waals surface area contributed by atoms with Crippen molar-refractivity contribution in [3.8, 4) is 0 Å². The molecule has 2 aliphatic heterocycles. The molecule has 120 valence electrons. The zero-order chi connectivity index (χ0) is 15.2. The topological polar surface area (TPSA) is 47.6 Å². The van der Waals surface area contributed by atoms with E-state index in [-0.39, 0.29) is 17.3 Å². The molecule has 3 rings (SSSR count). The second-order valence-electron chi connectivity index (χ2n) is 5.77. The molecule has 4 nitrogen and oxygen atoms in total. The number of fused-ring (bicyclic) bond motifs is 1. The first kappa shape index (κ1) is 15.8. The predicted octanol–water partition coefficient (Wildman–Crippen LogP) is 2.41. The Hall–Kier alpha value is -1.04. The lowest BCUT2D eigenvalue weighted by Crippen LogP contribution is -2.33. The second-order valence-corrected chi connectivity index (χ2v) is 7.02. The summed E-state index contributed by atoms with van der Waals surface area (Å²) in [5, 5.41) is 3.04. The summed E-state index contributed by atoms with van der Waals surface area (Å²) >= 11 is 1.67. The third-order valence-corrected chi connectivity index (χ3v) is 5.35. The SMILES string of the molecule is O=C(NCCCOC[C@@H]1CCCO1)[C@@H]1Cc2ccccc2S1. The van der Waals surface area contributed by atoms with Crippen molar-refractivity contribution in [1.29, 1.82) is 0 Å². The summed E-state index contributed by atoms with van der Waals surface area (Å²) < 4.78 is 11.1. The molecule has 1 aromatic carbocycles. The van der Waals surface area contributed by atoms with E-state index in [1.807, 2.05) is 12.1 Å². The van der Waals surface area contributed by atoms with Crippen LogP contribution in [0, 0.1) is 0 Å². The maximum Gasteiger partial charge on any atom is 0.233 e. The normalized spacial score (nSPS) is 23.5. The van der Waals surface area contributed by atoms with Crippen LogP contribution in [0.3, 0.4) is 0 Å². The molecule has 0 aliphatic carbocycles. The maximum atomic E-state index is 12.2. The molecule has 0 aromatic heterocycles. The third kappa shape index (κ3) is 4.24. The fourth-order valence-corrected chi connectivity index (χ4v) is 4.04. The van der Waals surface area contributed by atoms with Crippen LogP contribution in [-0.4, -0.2) is 43.6 Å². The lowest BCUT2D eigenvalue weighted by Gasteiger charge is -2.11. The van der Waals surface area contributed by atoms with Crippen LogP contribution in [0.4, 0.5) is 0 Å². The van der Waals surface area contributed by atoms with E-state index in [0.717, 1.165) is 32.3 Å². The quantitative estimate of drug-likeness (QED) is 0.784. The number of nitrogens with one attached hydrogen (secondary N) is 1. The highest BCUT2D eigenvalue weighted by Gasteiger charge is 2.27. The highest BCUT2D eigenvalue weighted by Crippen LogP contribution is 2.36. The average molecular weight is 321 g/mol. The molecule has 0 bridgehead atoms. The number of hydrogen-bond acceptors (Lipinski definition) is 4. The maximum absolute atomic E-state index is 12.2. The Balaban J connectivity index is 1.27. The minimum Gasteiger partial charge on any atom is -0.379 e. The van der Waals surface area contributed by atoms with Gasteiger partial charge in [-0.3, -0.25) is 4.79 Å². The summed E-state index contributed by atoms with van der Waals surface area (Å²) in [5.41, 5.74) is 1.28. The van der Waals surface area contributed by atoms with Crippen molar-refractivity contribution in [2.45, 2.75) is 41.9 Å². The summed E-state index contributed by atoms with van der Waals surface area (Å²) in [4.78, 5) is 13.4. The summed E-state index contributed by atoms with van der Waals surface area (Å²) in [7, 11) is 0. The van der Waals surface area contributed by atoms with Gasteiger partial charge in [0.1, 0.15) is 0 Å². The highest BCUT2D eigenvalue weighted by molar-refractivity contribution is 8.01. The van der Waals surface area contributed by atoms with Crippen LogP contribution in [-0.2, 0) is 20.7 Å². The molecule has 0 radical (unpaired) electrons. The zero-order valence-electron chi connectivity index (χ0n) is 12.8. The fourth-order valence-electron chi connectivity index (χ4n) is 2.82. The molecular formula is C17H23NO3S. The molecular weight excluding hydrogens is 298 g/mol. The van der Waals surface area contributed by atoms with Crippen molar-refractivity contribution in [1.82, 2.24) is 5.32 Å². The van der Waals surface area contributed by atoms with Gasteiger partial charge >= 0.3 is 0 Å². The monoisotopic (exact) mass is 321 g/mol. The van der Waals surface area contributed by atoms with Crippen molar-refractivity contribution in [2.75, 3.05) is 26.4 Å². The van der Waals surface area contributed by atoms with Gasteiger partial charge in [0.05, 0.1) is 18.0 Å². The van der Waals surface area contributed by atoms with Crippen LogP contribution in [0.15, 0.2) is 29.2 Å². The Morgan fingerprint density at radius 3 is 3.14 bits per heavy atom. The van der Waals surface area contributed by atoms with Gasteiger partial charge < -0.3 is 14.8 Å². The summed E-state index contributed by atoms with van der Waals surface area (Å²) in [6.45, 7) is 2.91. The summed E-state index contributed by atoms with van der Waals surface area (Å²) in [5.74, 6) is 0.139. The van der Waals surface area contributed by atoms with Crippen molar-refractivity contribution in [3.05, 3.63) is 29.8 Å². The number of thioether (sulfide) groups is 1. The van der Waals surface area contributed by atoms with Crippen molar-refractivity contribution in [3.63, 3.8) is 0 Å². The largest absolute Gasteiger partial charge is 0.379 e. The molecule has 2 heterocycles. The van der Waals surface area contributed by atoms with Crippen LogP contribution in [0.5, 0.6) is 0 Å². The predicted molar refractivity (Wildman–Crippen MR) is 87.2 cm³/mol. The molecule has 1 amide bonds. The molecule has 2 aliphatic rings. The molecule has 1 fully saturated rings. The number of rotatable bonds is 7. The first-order valence-corrected chi connectivity index (χ1v) is 8.92. The van der Waals surface area contributed by atoms with E-state index in [2.05, 4.69) is 17.4 Å². The lowest BCUT2D eigenvalue weighted by molar-refractivity contribution is -0.120. The van der Waals surface area contributed by atoms with Crippen molar-refractivity contribution < 1.29 is 14.3 Å². The number of ether oxygens (including phenoxy) is 2. The highest BCUT2D eigenvalue weighted by atomic mass is 32.2. The Kier molecular flexibility index (Phi) is 5.76. The van der Waals surface area contributed by atoms with E-state index >= 15 is 0 Å². The van der Waals surface area contributed by atoms with E-state index in [0.29, 0.717) is 19.8 Å². The van der Waals surface area contributed by atoms with Gasteiger partial charge in [0, 0.05) is 24.7 Å². The van der Waals surface area contributed by atoms with Crippen LogP contribution in [0.2, 0.25) is 0 Å². The number of hydrogen-bond donors (Lipinski definition) is 1. The second kappa shape index (κ2) is 7.99. The first-order valence-electron chi connectivity index (χ1n) is 8.04. The van der Waals surface area contributed by atoms with Crippen molar-refractivity contribution >= 4 is 17.7 Å². The Morgan fingerprint density at radius 1 is 1.41 bits per heavy atom. The summed E-state index contributed by atoms with van der Waals surface area (Å²) in [6.07, 6.45) is 4.22. The lowest BCUT2D eigenvalue weighted by atomic mass is 10.1. The van der Waals surface area contributed by atoms with E-state index < -0.39 is 0 Å². The van der Waals surface area contributed by atoms with Gasteiger partial charge in [0.15, 0.2) is 0 Å². The van der Waals surface area contributed by atoms with E-state index in [9.17, 15) is 4.79 Å². The fraction of sp³-hybridized carbons (Fsp3) is 0.588. The number of carbonyl (C=O) groups is 1. The smallest absolute Gasteiger partial charge is 0.233 e. The zero-order valence-corrected chi connectivity index (χ0v) is 13.6. The molecule has 1 saturated heterocycles. The molecule has 0 unspecified atom stereocenters. The third-order valence-electron chi connectivity index (χ3n) is 4.03. The summed E-state index contributed by atoms with van der Waals surface area (Å²) in [6, 6.07) is 8.25. The van der Waals surface area contributed by atoms with Gasteiger partial charge in [-0.25, -0.2) is 0 Å². The van der Waals surface area contributed by atoms with Gasteiger partial charge in [-0.1, -0.05) is 18.2 Å². The van der Waals surface area contributed by atoms with Crippen LogP contribution >= 0.6 is 11.8 Å². The molecule has 1 N–H and O–H groups in total. The van der Waals surface area contributed by atoms with Gasteiger partial charge in [-0.2, -0.15) is 0 Å². The van der Waals surface area contributed by atoms with Gasteiger partial charge in [0.2, 0.25) is 5.91 Å². The number of carbonyl (C=O) groups excluding carboxylic acids is 1. The van der Waals surface area contributed by atoms with Gasteiger partial charge in [0.25, 0.3) is 0 Å². The number of benzene rings is 1. The minimum atomic E-state index is 0.0187. The van der Waals surface area contributed by atoms with Crippen LogP contribution in [0.25, 0.3) is 0 Å². The van der Waals surface area contributed by atoms with Crippen LogP contribution in [0.1, 0.15) is 24.8 Å². The Morgan fingerprint density at radius 2 is 2.32 bits per heavy atom. The standard InChI is InChI=1S/C17H23NO3S/c19-17(16-11-13-5-1-2-7-15(13)22-16)18-8-4-9-20-12-14-6-3-10-21-14/h1-2,5,7,14,16H,3-4,6,8-12H2,(H,18,19)/t14-,16-/m0/s1.